The maximum atomic E-state index is 12.8. The van der Waals surface area contributed by atoms with Gasteiger partial charge >= 0.3 is 0 Å². The zero-order valence-corrected chi connectivity index (χ0v) is 18.3. The maximum Gasteiger partial charge on any atom is 0.277 e. The third-order valence-corrected chi connectivity index (χ3v) is 6.33. The lowest BCUT2D eigenvalue weighted by molar-refractivity contribution is 0.0796. The molecule has 0 bridgehead atoms. The Morgan fingerprint density at radius 2 is 1.76 bits per heavy atom. The number of aliphatic hydroxyl groups is 1. The molecule has 33 heavy (non-hydrogen) atoms. The van der Waals surface area contributed by atoms with E-state index in [1.54, 1.807) is 12.3 Å². The van der Waals surface area contributed by atoms with E-state index >= 15 is 0 Å². The molecule has 1 saturated carbocycles. The van der Waals surface area contributed by atoms with Gasteiger partial charge in [-0.05, 0) is 42.0 Å². The molecule has 0 saturated heterocycles. The number of aryl methyl sites for hydroxylation is 1. The van der Waals surface area contributed by atoms with Crippen molar-refractivity contribution in [1.82, 2.24) is 9.99 Å². The monoisotopic (exact) mass is 440 g/mol. The van der Waals surface area contributed by atoms with Gasteiger partial charge in [0.1, 0.15) is 0 Å². The Bertz CT molecular complexity index is 1240. The van der Waals surface area contributed by atoms with Crippen molar-refractivity contribution in [3.05, 3.63) is 81.9 Å². The number of hydrogen-bond acceptors (Lipinski definition) is 6. The van der Waals surface area contributed by atoms with E-state index in [2.05, 4.69) is 34.5 Å². The molecular formula is C26H24N4O3. The van der Waals surface area contributed by atoms with E-state index in [0.717, 1.165) is 46.7 Å². The van der Waals surface area contributed by atoms with Crippen LogP contribution < -0.4 is 0 Å². The highest BCUT2D eigenvalue weighted by Crippen LogP contribution is 2.47. The zero-order valence-electron chi connectivity index (χ0n) is 18.3. The zero-order chi connectivity index (χ0) is 22.9. The van der Waals surface area contributed by atoms with Gasteiger partial charge in [-0.25, -0.2) is 0 Å². The minimum Gasteiger partial charge on any atom is -0.396 e. The first-order chi connectivity index (χ1) is 16.1. The fourth-order valence-corrected chi connectivity index (χ4v) is 4.32. The Morgan fingerprint density at radius 3 is 2.42 bits per heavy atom. The Balaban J connectivity index is 1.47. The third-order valence-electron chi connectivity index (χ3n) is 6.33. The highest BCUT2D eigenvalue weighted by Gasteiger charge is 2.44. The fourth-order valence-electron chi connectivity index (χ4n) is 4.32. The maximum absolute atomic E-state index is 12.8. The predicted octanol–water partition coefficient (Wildman–Crippen LogP) is 4.38. The lowest BCUT2D eigenvalue weighted by Gasteiger charge is -2.17. The molecule has 2 heterocycles. The topological polar surface area (TPSA) is 95.2 Å². The van der Waals surface area contributed by atoms with Gasteiger partial charge in [-0.2, -0.15) is 5.01 Å². The van der Waals surface area contributed by atoms with Crippen molar-refractivity contribution in [2.75, 3.05) is 13.7 Å². The second-order valence-corrected chi connectivity index (χ2v) is 8.55. The summed E-state index contributed by atoms with van der Waals surface area (Å²) in [6, 6.07) is 18.4. The van der Waals surface area contributed by atoms with E-state index in [9.17, 15) is 9.70 Å². The molecule has 1 aromatic heterocycles. The summed E-state index contributed by atoms with van der Waals surface area (Å²) in [5.74, 6) is -0.233. The molecule has 2 aliphatic rings. The number of pyridine rings is 1. The minimum absolute atomic E-state index is 0.198. The Morgan fingerprint density at radius 1 is 1.09 bits per heavy atom. The molecule has 0 spiro atoms. The molecule has 7 heteroatoms. The van der Waals surface area contributed by atoms with Gasteiger partial charge in [0.15, 0.2) is 0 Å². The Hall–Kier alpha value is -3.71. The van der Waals surface area contributed by atoms with Crippen LogP contribution >= 0.6 is 0 Å². The van der Waals surface area contributed by atoms with E-state index in [1.807, 2.05) is 24.3 Å². The van der Waals surface area contributed by atoms with Crippen LogP contribution in [0, 0.1) is 4.91 Å². The average molecular weight is 441 g/mol. The van der Waals surface area contributed by atoms with Crippen LogP contribution in [0.5, 0.6) is 0 Å². The number of fused-ring (bicyclic) bond motifs is 3. The standard InChI is InChI=1S/C26H24N4O3/c1-30(29-33)26(32)20-13-23(28-25-21-14-24(21)27-15-22(20)25)19-10-8-18(9-11-19)17-6-4-16(5-7-17)3-2-12-31/h4-11,13,15,21,24,31H,2-3,12,14H2,1H3. The highest BCUT2D eigenvalue weighted by atomic mass is 16.3. The second-order valence-electron chi connectivity index (χ2n) is 8.55. The van der Waals surface area contributed by atoms with Crippen LogP contribution in [-0.2, 0) is 6.42 Å². The molecule has 1 aliphatic carbocycles. The molecule has 2 unspecified atom stereocenters. The van der Waals surface area contributed by atoms with Gasteiger partial charge < -0.3 is 5.11 Å². The van der Waals surface area contributed by atoms with Crippen LogP contribution in [0.3, 0.4) is 0 Å². The quantitative estimate of drug-likeness (QED) is 0.436. The van der Waals surface area contributed by atoms with Crippen molar-refractivity contribution in [1.29, 1.82) is 0 Å². The van der Waals surface area contributed by atoms with Gasteiger partial charge in [0.2, 0.25) is 0 Å². The second kappa shape index (κ2) is 8.67. The summed E-state index contributed by atoms with van der Waals surface area (Å²) in [5, 5.41) is 12.6. The number of aliphatic hydroxyl groups excluding tert-OH is 1. The summed E-state index contributed by atoms with van der Waals surface area (Å²) in [6.45, 7) is 0.198. The van der Waals surface area contributed by atoms with Crippen molar-refractivity contribution in [2.24, 2.45) is 10.3 Å². The molecule has 5 rings (SSSR count). The van der Waals surface area contributed by atoms with Crippen LogP contribution in [0.1, 0.15) is 45.9 Å². The van der Waals surface area contributed by atoms with Crippen molar-refractivity contribution in [3.8, 4) is 22.4 Å². The molecule has 0 radical (unpaired) electrons. The van der Waals surface area contributed by atoms with Gasteiger partial charge in [-0.15, -0.1) is 4.91 Å². The summed E-state index contributed by atoms with van der Waals surface area (Å²) in [6.07, 6.45) is 4.27. The van der Waals surface area contributed by atoms with Crippen LogP contribution in [0.15, 0.2) is 64.9 Å². The van der Waals surface area contributed by atoms with E-state index in [0.29, 0.717) is 16.8 Å². The Kier molecular flexibility index (Phi) is 5.56. The molecule has 1 N–H and O–H groups in total. The van der Waals surface area contributed by atoms with Gasteiger partial charge in [0, 0.05) is 36.9 Å². The smallest absolute Gasteiger partial charge is 0.277 e. The highest BCUT2D eigenvalue weighted by molar-refractivity contribution is 6.04. The van der Waals surface area contributed by atoms with Crippen LogP contribution in [0.25, 0.3) is 22.4 Å². The minimum atomic E-state index is -0.464. The van der Waals surface area contributed by atoms with Crippen molar-refractivity contribution in [2.45, 2.75) is 31.2 Å². The number of aliphatic imine (C=N–C) groups is 1. The van der Waals surface area contributed by atoms with Gasteiger partial charge in [0.05, 0.1) is 28.3 Å². The lowest BCUT2D eigenvalue weighted by atomic mass is 9.97. The van der Waals surface area contributed by atoms with Crippen molar-refractivity contribution < 1.29 is 9.90 Å². The third kappa shape index (κ3) is 4.07. The predicted molar refractivity (Wildman–Crippen MR) is 127 cm³/mol. The summed E-state index contributed by atoms with van der Waals surface area (Å²) < 4.78 is 0. The van der Waals surface area contributed by atoms with Crippen LogP contribution in [-0.4, -0.2) is 46.9 Å². The first-order valence-electron chi connectivity index (χ1n) is 11.1. The number of rotatable bonds is 7. The molecule has 166 valence electrons. The van der Waals surface area contributed by atoms with E-state index in [4.69, 9.17) is 10.1 Å². The van der Waals surface area contributed by atoms with Crippen LogP contribution in [0.2, 0.25) is 0 Å². The number of nitroso groups, excluding NO2 is 1. The molecule has 2 aromatic carbocycles. The number of carbonyl (C=O) groups is 1. The summed E-state index contributed by atoms with van der Waals surface area (Å²) in [7, 11) is 1.35. The van der Waals surface area contributed by atoms with Gasteiger partial charge in [0.25, 0.3) is 5.91 Å². The fraction of sp³-hybridized carbons (Fsp3) is 0.269. The first-order valence-corrected chi connectivity index (χ1v) is 11.1. The van der Waals surface area contributed by atoms with E-state index < -0.39 is 5.91 Å². The van der Waals surface area contributed by atoms with Crippen molar-refractivity contribution in [3.63, 3.8) is 0 Å². The Labute approximate surface area is 191 Å². The molecule has 1 fully saturated rings. The SMILES string of the molecule is CN(N=O)C(=O)c1cc(-c2ccc(-c3ccc(CCCO)cc3)cc2)nc2c1C=NC1CC21. The normalized spacial score (nSPS) is 17.8. The average Bonchev–Trinajstić information content (AvgIpc) is 3.67. The number of hydrogen-bond donors (Lipinski definition) is 1. The number of aromatic nitrogens is 1. The molecule has 3 aromatic rings. The summed E-state index contributed by atoms with van der Waals surface area (Å²) in [5.41, 5.74) is 6.96. The number of amides is 1. The molecule has 7 nitrogen and oxygen atoms in total. The number of benzene rings is 2. The molecule has 2 atom stereocenters. The molecular weight excluding hydrogens is 416 g/mol. The number of nitrogens with zero attached hydrogens (tertiary/aromatic N) is 4. The largest absolute Gasteiger partial charge is 0.396 e. The molecule has 1 aliphatic heterocycles. The van der Waals surface area contributed by atoms with Gasteiger partial charge in [-0.3, -0.25) is 14.8 Å². The van der Waals surface area contributed by atoms with Crippen molar-refractivity contribution >= 4 is 12.1 Å². The lowest BCUT2D eigenvalue weighted by Crippen LogP contribution is -2.23. The van der Waals surface area contributed by atoms with Gasteiger partial charge in [-0.1, -0.05) is 48.5 Å². The van der Waals surface area contributed by atoms with Crippen LogP contribution in [0.4, 0.5) is 0 Å². The van der Waals surface area contributed by atoms with E-state index in [1.165, 1.54) is 12.6 Å². The summed E-state index contributed by atoms with van der Waals surface area (Å²) >= 11 is 0. The molecule has 1 amide bonds. The van der Waals surface area contributed by atoms with E-state index in [-0.39, 0.29) is 18.6 Å². The number of carbonyl (C=O) groups excluding carboxylic acids is 1. The first kappa shape index (κ1) is 21.2. The summed E-state index contributed by atoms with van der Waals surface area (Å²) in [4.78, 5) is 33.1.